The Kier molecular flexibility index (Phi) is 14.0. The molecule has 0 aromatic rings. The number of ether oxygens (including phenoxy) is 7. The lowest BCUT2D eigenvalue weighted by Gasteiger charge is -2.52. The van der Waals surface area contributed by atoms with E-state index in [1.54, 1.807) is 20.8 Å². The van der Waals surface area contributed by atoms with Crippen LogP contribution in [-0.2, 0) is 38.0 Å². The van der Waals surface area contributed by atoms with Crippen LogP contribution in [0, 0.1) is 5.41 Å². The molecule has 0 bridgehead atoms. The van der Waals surface area contributed by atoms with Crippen molar-refractivity contribution in [1.82, 2.24) is 5.32 Å². The molecule has 20 heteroatoms. The summed E-state index contributed by atoms with van der Waals surface area (Å²) in [6, 6.07) is -1.55. The van der Waals surface area contributed by atoms with Gasteiger partial charge in [0, 0.05) is 6.92 Å². The van der Waals surface area contributed by atoms with Crippen molar-refractivity contribution in [2.75, 3.05) is 19.8 Å². The summed E-state index contributed by atoms with van der Waals surface area (Å²) < 4.78 is 41.2. The van der Waals surface area contributed by atoms with Crippen LogP contribution in [0.25, 0.3) is 0 Å². The summed E-state index contributed by atoms with van der Waals surface area (Å²) in [5, 5.41) is 118. The normalized spacial score (nSPS) is 49.0. The first-order valence-corrected chi connectivity index (χ1v) is 16.5. The smallest absolute Gasteiger partial charge is 0.217 e. The van der Waals surface area contributed by atoms with Gasteiger partial charge in [0.15, 0.2) is 18.9 Å². The minimum Gasteiger partial charge on any atom is -0.394 e. The number of nitrogens with one attached hydrogen (secondary N) is 1. The molecule has 4 aliphatic rings. The van der Waals surface area contributed by atoms with E-state index in [0.29, 0.717) is 0 Å². The third kappa shape index (κ3) is 8.59. The van der Waals surface area contributed by atoms with Crippen LogP contribution in [0.5, 0.6) is 0 Å². The van der Waals surface area contributed by atoms with E-state index in [1.165, 1.54) is 6.92 Å². The van der Waals surface area contributed by atoms with Gasteiger partial charge in [-0.05, 0) is 12.3 Å². The molecule has 4 aliphatic heterocycles. The number of aliphatic hydroxyl groups is 11. The van der Waals surface area contributed by atoms with Crippen molar-refractivity contribution in [3.8, 4) is 0 Å². The number of carbonyl (C=O) groups is 1. The van der Waals surface area contributed by atoms with Gasteiger partial charge in [-0.3, -0.25) is 4.79 Å². The van der Waals surface area contributed by atoms with E-state index < -0.39 is 154 Å². The predicted octanol–water partition coefficient (Wildman–Crippen LogP) is -6.48. The molecular formula is C30H53NO19. The first-order valence-electron chi connectivity index (χ1n) is 16.5. The Labute approximate surface area is 288 Å². The summed E-state index contributed by atoms with van der Waals surface area (Å²) in [6.07, 6.45) is -30.3. The number of carbonyl (C=O) groups excluding carboxylic acids is 1. The monoisotopic (exact) mass is 731 g/mol. The summed E-state index contributed by atoms with van der Waals surface area (Å²) in [5.74, 6) is -0.717. The zero-order valence-electron chi connectivity index (χ0n) is 28.4. The van der Waals surface area contributed by atoms with Gasteiger partial charge < -0.3 is 94.6 Å². The van der Waals surface area contributed by atoms with Crippen molar-refractivity contribution in [2.45, 2.75) is 157 Å². The lowest BCUT2D eigenvalue weighted by atomic mass is 9.80. The summed E-state index contributed by atoms with van der Waals surface area (Å²) in [5.41, 5.74) is -0.740. The second-order valence-corrected chi connectivity index (χ2v) is 14.3. The fourth-order valence-corrected chi connectivity index (χ4v) is 6.61. The van der Waals surface area contributed by atoms with Crippen LogP contribution in [0.1, 0.15) is 34.6 Å². The van der Waals surface area contributed by atoms with Crippen LogP contribution in [0.3, 0.4) is 0 Å². The van der Waals surface area contributed by atoms with E-state index in [0.717, 1.165) is 6.92 Å². The summed E-state index contributed by atoms with van der Waals surface area (Å²) in [4.78, 5) is 12.6. The number of hydrogen-bond donors (Lipinski definition) is 12. The Bertz CT molecular complexity index is 1100. The molecule has 0 aromatic carbocycles. The average molecular weight is 732 g/mol. The summed E-state index contributed by atoms with van der Waals surface area (Å²) >= 11 is 0. The SMILES string of the molecule is CC(=O)NC1C(O[C@@H]2OC(CO)[C@H](O)C(O)C2O)[C@H](OC2OC(C)[C@@H](O)C(O)C2O)C(CO)O[C@H]1OC1C(O)[C@H](C(C)(C)C)OC(CO)[C@@H]1O. The second-order valence-electron chi connectivity index (χ2n) is 14.3. The first-order chi connectivity index (χ1) is 23.4. The Morgan fingerprint density at radius 2 is 1.06 bits per heavy atom. The molecule has 0 spiro atoms. The number of rotatable bonds is 10. The highest BCUT2D eigenvalue weighted by molar-refractivity contribution is 5.73. The summed E-state index contributed by atoms with van der Waals surface area (Å²) in [7, 11) is 0. The molecule has 4 heterocycles. The van der Waals surface area contributed by atoms with E-state index in [-0.39, 0.29) is 0 Å². The molecule has 12 N–H and O–H groups in total. The van der Waals surface area contributed by atoms with Crippen molar-refractivity contribution >= 4 is 5.91 Å². The first kappa shape index (κ1) is 41.5. The molecular weight excluding hydrogens is 678 g/mol. The van der Waals surface area contributed by atoms with Gasteiger partial charge in [0.1, 0.15) is 91.5 Å². The van der Waals surface area contributed by atoms with Gasteiger partial charge in [0.05, 0.1) is 32.0 Å². The Hall–Kier alpha value is -1.25. The number of amides is 1. The molecule has 20 nitrogen and oxygen atoms in total. The molecule has 0 radical (unpaired) electrons. The van der Waals surface area contributed by atoms with E-state index in [1.807, 2.05) is 0 Å². The van der Waals surface area contributed by atoms with Gasteiger partial charge in [-0.1, -0.05) is 20.8 Å². The Morgan fingerprint density at radius 1 is 0.580 bits per heavy atom. The maximum Gasteiger partial charge on any atom is 0.217 e. The van der Waals surface area contributed by atoms with E-state index in [2.05, 4.69) is 5.32 Å². The molecule has 4 saturated heterocycles. The molecule has 0 aliphatic carbocycles. The average Bonchev–Trinajstić information content (AvgIpc) is 3.05. The van der Waals surface area contributed by atoms with Crippen LogP contribution in [0.4, 0.5) is 0 Å². The van der Waals surface area contributed by atoms with Gasteiger partial charge in [0.25, 0.3) is 0 Å². The number of aliphatic hydroxyl groups excluding tert-OH is 11. The highest BCUT2D eigenvalue weighted by Gasteiger charge is 2.57. The zero-order valence-corrected chi connectivity index (χ0v) is 28.4. The largest absolute Gasteiger partial charge is 0.394 e. The van der Waals surface area contributed by atoms with Gasteiger partial charge in [-0.25, -0.2) is 0 Å². The van der Waals surface area contributed by atoms with Gasteiger partial charge in [-0.2, -0.15) is 0 Å². The van der Waals surface area contributed by atoms with Crippen LogP contribution in [-0.4, -0.2) is 204 Å². The minimum absolute atomic E-state index is 0.665. The van der Waals surface area contributed by atoms with Crippen molar-refractivity contribution in [2.24, 2.45) is 5.41 Å². The maximum atomic E-state index is 12.6. The maximum absolute atomic E-state index is 12.6. The lowest BCUT2D eigenvalue weighted by molar-refractivity contribution is -0.382. The van der Waals surface area contributed by atoms with Crippen molar-refractivity contribution in [3.63, 3.8) is 0 Å². The van der Waals surface area contributed by atoms with E-state index in [4.69, 9.17) is 33.2 Å². The fraction of sp³-hybridized carbons (Fsp3) is 0.967. The molecule has 0 aromatic heterocycles. The van der Waals surface area contributed by atoms with Crippen molar-refractivity contribution in [1.29, 1.82) is 0 Å². The summed E-state index contributed by atoms with van der Waals surface area (Å²) in [6.45, 7) is 5.37. The highest BCUT2D eigenvalue weighted by atomic mass is 16.8. The third-order valence-corrected chi connectivity index (χ3v) is 9.45. The molecule has 1 amide bonds. The van der Waals surface area contributed by atoms with Crippen molar-refractivity contribution < 1.29 is 94.1 Å². The molecule has 4 fully saturated rings. The molecule has 13 unspecified atom stereocenters. The zero-order chi connectivity index (χ0) is 37.4. The lowest BCUT2D eigenvalue weighted by Crippen LogP contribution is -2.71. The van der Waals surface area contributed by atoms with Crippen LogP contribution in [0.15, 0.2) is 0 Å². The molecule has 50 heavy (non-hydrogen) atoms. The molecule has 0 saturated carbocycles. The topological polar surface area (TPSA) is 316 Å². The van der Waals surface area contributed by atoms with Gasteiger partial charge in [0.2, 0.25) is 5.91 Å². The molecule has 4 rings (SSSR count). The fourth-order valence-electron chi connectivity index (χ4n) is 6.61. The highest BCUT2D eigenvalue weighted by Crippen LogP contribution is 2.38. The van der Waals surface area contributed by atoms with Crippen LogP contribution >= 0.6 is 0 Å². The quantitative estimate of drug-likeness (QED) is 0.0994. The van der Waals surface area contributed by atoms with Crippen LogP contribution in [0.2, 0.25) is 0 Å². The minimum atomic E-state index is -1.97. The molecule has 20 atom stereocenters. The number of hydrogen-bond acceptors (Lipinski definition) is 19. The van der Waals surface area contributed by atoms with Gasteiger partial charge >= 0.3 is 0 Å². The Balaban J connectivity index is 1.76. The van der Waals surface area contributed by atoms with Gasteiger partial charge in [-0.15, -0.1) is 0 Å². The van der Waals surface area contributed by atoms with Crippen molar-refractivity contribution in [3.05, 3.63) is 0 Å². The van der Waals surface area contributed by atoms with E-state index in [9.17, 15) is 61.0 Å². The third-order valence-electron chi connectivity index (χ3n) is 9.45. The predicted molar refractivity (Wildman–Crippen MR) is 161 cm³/mol. The second kappa shape index (κ2) is 16.8. The molecule has 292 valence electrons. The van der Waals surface area contributed by atoms with Crippen LogP contribution < -0.4 is 5.32 Å². The van der Waals surface area contributed by atoms with E-state index >= 15 is 0 Å². The Morgan fingerprint density at radius 3 is 1.60 bits per heavy atom. The standard InChI is InChI=1S/C30H53NO19/c1-9-15(36)18(39)20(41)28(44-9)48-23-13(8-34)47-27(50-25-17(38)12(7-33)45-26(22(25)43)30(3,4)5)14(31-10(2)35)24(23)49-29-21(42)19(40)16(37)11(6-32)46-29/h9,11-29,32-34,36-43H,6-8H2,1-5H3,(H,31,35)/t9?,11?,12?,13?,14?,15-,16+,17+,18?,19?,20?,21?,22?,23-,24?,25?,26-,27+,28?,29+/m1/s1.